The van der Waals surface area contributed by atoms with Crippen molar-refractivity contribution in [2.24, 2.45) is 5.73 Å². The predicted octanol–water partition coefficient (Wildman–Crippen LogP) is 2.62. The minimum absolute atomic E-state index is 0.0560. The molecular formula is C14H21ClN2O2S. The lowest BCUT2D eigenvalue weighted by Gasteiger charge is -2.34. The normalized spacial score (nSPS) is 24.0. The van der Waals surface area contributed by atoms with Gasteiger partial charge in [-0.2, -0.15) is 4.31 Å². The fourth-order valence-electron chi connectivity index (χ4n) is 2.76. The maximum absolute atomic E-state index is 12.7. The van der Waals surface area contributed by atoms with Crippen LogP contribution < -0.4 is 5.73 Å². The third-order valence-corrected chi connectivity index (χ3v) is 6.17. The van der Waals surface area contributed by atoms with E-state index < -0.39 is 10.0 Å². The second kappa shape index (κ2) is 6.43. The Morgan fingerprint density at radius 1 is 1.20 bits per heavy atom. The smallest absolute Gasteiger partial charge is 0.243 e. The van der Waals surface area contributed by atoms with Gasteiger partial charge < -0.3 is 5.73 Å². The van der Waals surface area contributed by atoms with Crippen molar-refractivity contribution in [1.82, 2.24) is 4.31 Å². The summed E-state index contributed by atoms with van der Waals surface area (Å²) >= 11 is 5.82. The van der Waals surface area contributed by atoms with Crippen LogP contribution in [-0.4, -0.2) is 31.4 Å². The van der Waals surface area contributed by atoms with E-state index in [1.54, 1.807) is 28.6 Å². The molecular weight excluding hydrogens is 296 g/mol. The topological polar surface area (TPSA) is 63.4 Å². The first kappa shape index (κ1) is 15.8. The van der Waals surface area contributed by atoms with E-state index in [0.29, 0.717) is 16.5 Å². The van der Waals surface area contributed by atoms with Crippen LogP contribution in [0.3, 0.4) is 0 Å². The Morgan fingerprint density at radius 2 is 1.75 bits per heavy atom. The van der Waals surface area contributed by atoms with Crippen LogP contribution in [0.4, 0.5) is 0 Å². The van der Waals surface area contributed by atoms with Gasteiger partial charge in [-0.25, -0.2) is 8.42 Å². The van der Waals surface area contributed by atoms with Gasteiger partial charge in [-0.3, -0.25) is 0 Å². The van der Waals surface area contributed by atoms with E-state index in [1.807, 2.05) is 6.92 Å². The first-order chi connectivity index (χ1) is 9.45. The molecule has 0 atom stereocenters. The van der Waals surface area contributed by atoms with E-state index in [2.05, 4.69) is 0 Å². The minimum Gasteiger partial charge on any atom is -0.328 e. The summed E-state index contributed by atoms with van der Waals surface area (Å²) in [6, 6.07) is 6.62. The summed E-state index contributed by atoms with van der Waals surface area (Å²) in [5.74, 6) is 0. The van der Waals surface area contributed by atoms with Gasteiger partial charge >= 0.3 is 0 Å². The van der Waals surface area contributed by atoms with Gasteiger partial charge in [0.15, 0.2) is 0 Å². The summed E-state index contributed by atoms with van der Waals surface area (Å²) in [5.41, 5.74) is 5.89. The van der Waals surface area contributed by atoms with Gasteiger partial charge in [0.1, 0.15) is 0 Å². The van der Waals surface area contributed by atoms with Crippen LogP contribution in [0.2, 0.25) is 5.02 Å². The fourth-order valence-corrected chi connectivity index (χ4v) is 4.58. The van der Waals surface area contributed by atoms with Crippen molar-refractivity contribution in [3.05, 3.63) is 29.3 Å². The Balaban J connectivity index is 2.23. The third-order valence-electron chi connectivity index (χ3n) is 3.88. The first-order valence-corrected chi connectivity index (χ1v) is 8.80. The number of halogens is 1. The van der Waals surface area contributed by atoms with Gasteiger partial charge in [0.25, 0.3) is 0 Å². The number of benzene rings is 1. The zero-order chi connectivity index (χ0) is 14.8. The molecule has 0 saturated heterocycles. The largest absolute Gasteiger partial charge is 0.328 e. The van der Waals surface area contributed by atoms with Crippen LogP contribution >= 0.6 is 11.6 Å². The highest BCUT2D eigenvalue weighted by Gasteiger charge is 2.32. The van der Waals surface area contributed by atoms with E-state index in [4.69, 9.17) is 17.3 Å². The lowest BCUT2D eigenvalue weighted by Crippen LogP contribution is -2.44. The van der Waals surface area contributed by atoms with Gasteiger partial charge in [-0.15, -0.1) is 0 Å². The Hall–Kier alpha value is -0.620. The second-order valence-corrected chi connectivity index (χ2v) is 7.56. The van der Waals surface area contributed by atoms with Crippen LogP contribution in [0.5, 0.6) is 0 Å². The van der Waals surface area contributed by atoms with E-state index >= 15 is 0 Å². The highest BCUT2D eigenvalue weighted by molar-refractivity contribution is 7.89. The number of nitrogens with two attached hydrogens (primary N) is 1. The predicted molar refractivity (Wildman–Crippen MR) is 81.2 cm³/mol. The molecule has 1 fully saturated rings. The molecule has 0 bridgehead atoms. The monoisotopic (exact) mass is 316 g/mol. The summed E-state index contributed by atoms with van der Waals surface area (Å²) in [4.78, 5) is 0.304. The van der Waals surface area contributed by atoms with Crippen molar-refractivity contribution < 1.29 is 8.42 Å². The summed E-state index contributed by atoms with van der Waals surface area (Å²) in [5, 5.41) is 0.538. The van der Waals surface area contributed by atoms with Gasteiger partial charge in [0.2, 0.25) is 10.0 Å². The van der Waals surface area contributed by atoms with E-state index in [9.17, 15) is 8.42 Å². The Morgan fingerprint density at radius 3 is 2.25 bits per heavy atom. The molecule has 0 aliphatic heterocycles. The quantitative estimate of drug-likeness (QED) is 0.928. The van der Waals surface area contributed by atoms with Crippen molar-refractivity contribution in [2.45, 2.75) is 49.6 Å². The van der Waals surface area contributed by atoms with Crippen molar-refractivity contribution in [2.75, 3.05) is 6.54 Å². The van der Waals surface area contributed by atoms with E-state index in [0.717, 1.165) is 25.7 Å². The number of hydrogen-bond acceptors (Lipinski definition) is 3. The van der Waals surface area contributed by atoms with Crippen LogP contribution in [0.15, 0.2) is 29.2 Å². The van der Waals surface area contributed by atoms with E-state index in [-0.39, 0.29) is 12.1 Å². The number of hydrogen-bond donors (Lipinski definition) is 1. The SMILES string of the molecule is CCN(C1CCC(N)CC1)S(=O)(=O)c1ccc(Cl)cc1. The van der Waals surface area contributed by atoms with Crippen molar-refractivity contribution in [3.63, 3.8) is 0 Å². The zero-order valence-electron chi connectivity index (χ0n) is 11.6. The van der Waals surface area contributed by atoms with Gasteiger partial charge in [-0.05, 0) is 49.9 Å². The lowest BCUT2D eigenvalue weighted by atomic mass is 9.92. The summed E-state index contributed by atoms with van der Waals surface area (Å²) < 4.78 is 27.0. The second-order valence-electron chi connectivity index (χ2n) is 5.23. The molecule has 6 heteroatoms. The highest BCUT2D eigenvalue weighted by Crippen LogP contribution is 2.27. The van der Waals surface area contributed by atoms with Crippen molar-refractivity contribution >= 4 is 21.6 Å². The maximum Gasteiger partial charge on any atom is 0.243 e. The molecule has 2 rings (SSSR count). The zero-order valence-corrected chi connectivity index (χ0v) is 13.2. The molecule has 0 spiro atoms. The fraction of sp³-hybridized carbons (Fsp3) is 0.571. The Labute approximate surface area is 126 Å². The van der Waals surface area contributed by atoms with E-state index in [1.165, 1.54) is 0 Å². The number of sulfonamides is 1. The van der Waals surface area contributed by atoms with Crippen LogP contribution in [0, 0.1) is 0 Å². The molecule has 0 radical (unpaired) electrons. The highest BCUT2D eigenvalue weighted by atomic mass is 35.5. The van der Waals surface area contributed by atoms with Gasteiger partial charge in [-0.1, -0.05) is 18.5 Å². The first-order valence-electron chi connectivity index (χ1n) is 6.98. The molecule has 1 aromatic rings. The summed E-state index contributed by atoms with van der Waals surface area (Å²) in [6.07, 6.45) is 3.44. The molecule has 112 valence electrons. The molecule has 4 nitrogen and oxygen atoms in total. The lowest BCUT2D eigenvalue weighted by molar-refractivity contribution is 0.247. The van der Waals surface area contributed by atoms with Crippen molar-refractivity contribution in [1.29, 1.82) is 0 Å². The molecule has 0 amide bonds. The van der Waals surface area contributed by atoms with Crippen molar-refractivity contribution in [3.8, 4) is 0 Å². The molecule has 2 N–H and O–H groups in total. The summed E-state index contributed by atoms with van der Waals surface area (Å²) in [7, 11) is -3.45. The molecule has 20 heavy (non-hydrogen) atoms. The Kier molecular flexibility index (Phi) is 5.07. The Bertz CT molecular complexity index is 537. The molecule has 1 saturated carbocycles. The van der Waals surface area contributed by atoms with Gasteiger partial charge in [0.05, 0.1) is 4.90 Å². The molecule has 1 aliphatic carbocycles. The van der Waals surface area contributed by atoms with Crippen LogP contribution in [0.1, 0.15) is 32.6 Å². The average Bonchev–Trinajstić information content (AvgIpc) is 2.42. The molecule has 1 aromatic carbocycles. The molecule has 1 aliphatic rings. The summed E-state index contributed by atoms with van der Waals surface area (Å²) in [6.45, 7) is 2.35. The van der Waals surface area contributed by atoms with Crippen LogP contribution in [-0.2, 0) is 10.0 Å². The number of rotatable bonds is 4. The van der Waals surface area contributed by atoms with Gasteiger partial charge in [0, 0.05) is 23.7 Å². The number of nitrogens with zero attached hydrogens (tertiary/aromatic N) is 1. The average molecular weight is 317 g/mol. The molecule has 0 heterocycles. The third kappa shape index (κ3) is 3.34. The molecule has 0 aromatic heterocycles. The van der Waals surface area contributed by atoms with Crippen LogP contribution in [0.25, 0.3) is 0 Å². The molecule has 0 unspecified atom stereocenters. The maximum atomic E-state index is 12.7. The standard InChI is InChI=1S/C14H21ClN2O2S/c1-2-17(13-7-5-12(16)6-8-13)20(18,19)14-9-3-11(15)4-10-14/h3-4,9-10,12-13H,2,5-8,16H2,1H3. The minimum atomic E-state index is -3.45.